The number of Topliss-reactive ketones (excluding diaryl/α,β-unsaturated/α-hetero) is 5. The number of aromatic nitrogens is 2. The number of carbonyl (C=O) groups is 7. The van der Waals surface area contributed by atoms with Gasteiger partial charge < -0.3 is 35.7 Å². The van der Waals surface area contributed by atoms with E-state index >= 15 is 0 Å². The second-order valence-corrected chi connectivity index (χ2v) is 19.4. The largest absolute Gasteiger partial charge is 0.494 e. The van der Waals surface area contributed by atoms with Crippen LogP contribution in [0.25, 0.3) is 22.0 Å². The number of fused-ring (bicyclic) bond motifs is 2. The van der Waals surface area contributed by atoms with E-state index in [1.165, 1.54) is 6.20 Å². The Balaban J connectivity index is 0.834. The molecule has 5 N–H and O–H groups in total. The number of ketones is 5. The number of anilines is 1. The van der Waals surface area contributed by atoms with Gasteiger partial charge in [0.15, 0.2) is 0 Å². The minimum atomic E-state index is -0.609. The lowest BCUT2D eigenvalue weighted by atomic mass is 9.77. The van der Waals surface area contributed by atoms with Crippen LogP contribution in [0.4, 0.5) is 10.5 Å². The van der Waals surface area contributed by atoms with Crippen LogP contribution < -0.4 is 31.9 Å². The van der Waals surface area contributed by atoms with E-state index in [0.717, 1.165) is 47.0 Å². The minimum absolute atomic E-state index is 0.00333. The highest BCUT2D eigenvalue weighted by Crippen LogP contribution is 2.38. The number of benzene rings is 2. The zero-order valence-electron chi connectivity index (χ0n) is 37.8. The van der Waals surface area contributed by atoms with E-state index in [2.05, 4.69) is 26.1 Å². The fraction of sp³-hybridized carbons (Fsp3) is 0.553. The van der Waals surface area contributed by atoms with Crippen LogP contribution in [0.5, 0.6) is 5.75 Å². The van der Waals surface area contributed by atoms with E-state index < -0.39 is 18.3 Å². The standard InChI is InChI=1S/C47H61BN6O10S/c1-46(2)47(3,4)64-48(63-46)30-10-20-41(37(26-30)29-9-19-36-38(49)27-51-54-39(36)25-29)62-24-22-35(59)18-16-33(57)14-12-31(55)11-13-32(56)15-17-34(58)21-23-50-43(60)8-6-5-7-42-44-40(28-65-42)52-45(61)53-44/h9-10,19-20,25-27,40,42,44H,5-8,11-18,21-24,28H2,1-4H3,(H2,49,54)(H,50,60)(H2,52,53,61)/t40-,42-,44-/m0/s1. The predicted molar refractivity (Wildman–Crippen MR) is 249 cm³/mol. The summed E-state index contributed by atoms with van der Waals surface area (Å²) in [5.41, 5.74) is 8.50. The van der Waals surface area contributed by atoms with Gasteiger partial charge >= 0.3 is 13.1 Å². The Morgan fingerprint density at radius 2 is 1.42 bits per heavy atom. The third-order valence-corrected chi connectivity index (χ3v) is 14.2. The number of amides is 3. The van der Waals surface area contributed by atoms with Gasteiger partial charge in [-0.1, -0.05) is 24.6 Å². The molecule has 3 aliphatic rings. The van der Waals surface area contributed by atoms with Crippen molar-refractivity contribution in [3.63, 3.8) is 0 Å². The van der Waals surface area contributed by atoms with Gasteiger partial charge in [-0.15, -0.1) is 0 Å². The molecule has 0 spiro atoms. The molecule has 0 bridgehead atoms. The van der Waals surface area contributed by atoms with Gasteiger partial charge in [0.2, 0.25) is 5.91 Å². The Bertz CT molecular complexity index is 2260. The lowest BCUT2D eigenvalue weighted by molar-refractivity contribution is -0.127. The maximum absolute atomic E-state index is 12.8. The van der Waals surface area contributed by atoms with E-state index in [1.54, 1.807) is 0 Å². The molecule has 0 saturated carbocycles. The van der Waals surface area contributed by atoms with Crippen molar-refractivity contribution in [1.29, 1.82) is 0 Å². The molecule has 3 atom stereocenters. The van der Waals surface area contributed by atoms with E-state index in [1.807, 2.05) is 75.9 Å². The summed E-state index contributed by atoms with van der Waals surface area (Å²) in [5, 5.41) is 18.0. The first-order chi connectivity index (χ1) is 31.0. The van der Waals surface area contributed by atoms with Crippen LogP contribution in [0, 0.1) is 0 Å². The zero-order valence-corrected chi connectivity index (χ0v) is 38.7. The Labute approximate surface area is 384 Å². The van der Waals surface area contributed by atoms with Gasteiger partial charge in [-0.05, 0) is 69.8 Å². The van der Waals surface area contributed by atoms with Crippen molar-refractivity contribution in [3.8, 4) is 16.9 Å². The minimum Gasteiger partial charge on any atom is -0.492 e. The molecule has 0 unspecified atom stereocenters. The number of nitrogens with zero attached hydrogens (tertiary/aromatic N) is 2. The molecule has 4 heterocycles. The summed E-state index contributed by atoms with van der Waals surface area (Å²) in [7, 11) is -0.609. The number of ether oxygens (including phenoxy) is 1. The summed E-state index contributed by atoms with van der Waals surface area (Å²) in [6.07, 6.45) is 4.61. The van der Waals surface area contributed by atoms with E-state index in [9.17, 15) is 33.6 Å². The van der Waals surface area contributed by atoms with Crippen LogP contribution in [0.15, 0.2) is 42.6 Å². The highest BCUT2D eigenvalue weighted by molar-refractivity contribution is 8.00. The number of hydrogen-bond donors (Lipinski definition) is 4. The third-order valence-electron chi connectivity index (χ3n) is 12.7. The van der Waals surface area contributed by atoms with Gasteiger partial charge in [-0.2, -0.15) is 22.0 Å². The molecule has 348 valence electrons. The monoisotopic (exact) mass is 912 g/mol. The van der Waals surface area contributed by atoms with Gasteiger partial charge in [0.1, 0.15) is 34.7 Å². The summed E-state index contributed by atoms with van der Waals surface area (Å²) in [6.45, 7) is 8.24. The lowest BCUT2D eigenvalue weighted by Gasteiger charge is -2.32. The van der Waals surface area contributed by atoms with Crippen LogP contribution in [0.2, 0.25) is 0 Å². The quantitative estimate of drug-likeness (QED) is 0.0464. The maximum Gasteiger partial charge on any atom is 0.494 e. The molecule has 0 aliphatic carbocycles. The number of urea groups is 1. The highest BCUT2D eigenvalue weighted by Gasteiger charge is 2.52. The number of nitrogen functional groups attached to an aromatic ring is 1. The second kappa shape index (κ2) is 22.3. The molecule has 3 saturated heterocycles. The fourth-order valence-corrected chi connectivity index (χ4v) is 9.54. The number of rotatable bonds is 26. The van der Waals surface area contributed by atoms with Crippen LogP contribution in [-0.2, 0) is 38.1 Å². The van der Waals surface area contributed by atoms with Crippen LogP contribution in [0.3, 0.4) is 0 Å². The molecule has 3 amide bonds. The van der Waals surface area contributed by atoms with Crippen molar-refractivity contribution in [2.75, 3.05) is 24.6 Å². The molecule has 3 aliphatic heterocycles. The highest BCUT2D eigenvalue weighted by atomic mass is 32.2. The Morgan fingerprint density at radius 1 is 0.800 bits per heavy atom. The van der Waals surface area contributed by atoms with Crippen LogP contribution in [-0.4, -0.2) is 106 Å². The number of nitrogens with two attached hydrogens (primary N) is 1. The first-order valence-corrected chi connectivity index (χ1v) is 23.7. The van der Waals surface area contributed by atoms with Gasteiger partial charge in [0.05, 0.1) is 47.3 Å². The molecule has 16 nitrogen and oxygen atoms in total. The van der Waals surface area contributed by atoms with Crippen molar-refractivity contribution in [1.82, 2.24) is 26.1 Å². The van der Waals surface area contributed by atoms with Crippen molar-refractivity contribution in [3.05, 3.63) is 42.6 Å². The molecule has 18 heteroatoms. The van der Waals surface area contributed by atoms with E-state index in [4.69, 9.17) is 19.8 Å². The van der Waals surface area contributed by atoms with Gasteiger partial charge in [0.25, 0.3) is 0 Å². The molecular weight excluding hydrogens is 851 g/mol. The fourth-order valence-electron chi connectivity index (χ4n) is 7.99. The second-order valence-electron chi connectivity index (χ2n) is 18.1. The Hall–Kier alpha value is -5.20. The SMILES string of the molecule is CC1(C)OB(c2ccc(OCCC(=O)CCC(=O)CCC(=O)CCC(=O)CCC(=O)CCNC(=O)CCCC[C@@H]3SC[C@@H]4NC(=O)N[C@@H]43)c(-c3ccc4c(N)cnnc4c3)c2)OC1(C)C. The normalized spacial score (nSPS) is 19.4. The number of thioether (sulfide) groups is 1. The van der Waals surface area contributed by atoms with Gasteiger partial charge in [-0.3, -0.25) is 28.8 Å². The first kappa shape index (κ1) is 49.2. The van der Waals surface area contributed by atoms with Crippen LogP contribution >= 0.6 is 11.8 Å². The summed E-state index contributed by atoms with van der Waals surface area (Å²) < 4.78 is 18.8. The number of nitrogens with one attached hydrogen (secondary N) is 3. The molecule has 3 fully saturated rings. The molecule has 65 heavy (non-hydrogen) atoms. The van der Waals surface area contributed by atoms with Crippen molar-refractivity contribution in [2.45, 2.75) is 146 Å². The van der Waals surface area contributed by atoms with Crippen molar-refractivity contribution < 1.29 is 47.6 Å². The molecule has 3 aromatic rings. The number of carbonyl (C=O) groups excluding carboxylic acids is 7. The lowest BCUT2D eigenvalue weighted by Crippen LogP contribution is -2.41. The summed E-state index contributed by atoms with van der Waals surface area (Å²) in [6, 6.07) is 11.5. The number of unbranched alkanes of at least 4 members (excludes halogenated alkanes) is 1. The summed E-state index contributed by atoms with van der Waals surface area (Å²) in [4.78, 5) is 86.3. The topological polar surface area (TPSA) is 235 Å². The first-order valence-electron chi connectivity index (χ1n) is 22.7. The molecule has 1 aromatic heterocycles. The van der Waals surface area contributed by atoms with E-state index in [0.29, 0.717) is 28.6 Å². The smallest absolute Gasteiger partial charge is 0.492 e. The van der Waals surface area contributed by atoms with Crippen molar-refractivity contribution in [2.24, 2.45) is 0 Å². The average Bonchev–Trinajstić information content (AvgIpc) is 3.90. The molecule has 6 rings (SSSR count). The maximum atomic E-state index is 12.8. The van der Waals surface area contributed by atoms with Gasteiger partial charge in [-0.25, -0.2) is 4.79 Å². The third kappa shape index (κ3) is 13.7. The molecule has 2 aromatic carbocycles. The molecule has 0 radical (unpaired) electrons. The number of hydrogen-bond acceptors (Lipinski definition) is 14. The summed E-state index contributed by atoms with van der Waals surface area (Å²) in [5.74, 6) is 0.373. The Kier molecular flexibility index (Phi) is 16.9. The van der Waals surface area contributed by atoms with Crippen molar-refractivity contribution >= 4 is 81.8 Å². The Morgan fingerprint density at radius 3 is 2.06 bits per heavy atom. The van der Waals surface area contributed by atoms with E-state index in [-0.39, 0.29) is 130 Å². The summed E-state index contributed by atoms with van der Waals surface area (Å²) >= 11 is 1.84. The zero-order chi connectivity index (χ0) is 46.7. The van der Waals surface area contributed by atoms with Gasteiger partial charge in [0, 0.05) is 99.1 Å². The predicted octanol–water partition coefficient (Wildman–Crippen LogP) is 5.15. The van der Waals surface area contributed by atoms with Crippen LogP contribution in [0.1, 0.15) is 118 Å². The molecular formula is C47H61BN6O10S. The average molecular weight is 913 g/mol.